The molecular formula is C15H22I2N2O2. The first kappa shape index (κ1) is 17.7. The van der Waals surface area contributed by atoms with Gasteiger partial charge >= 0.3 is 0 Å². The van der Waals surface area contributed by atoms with Gasteiger partial charge in [-0.2, -0.15) is 0 Å². The summed E-state index contributed by atoms with van der Waals surface area (Å²) in [4.78, 5) is 2.34. The summed E-state index contributed by atoms with van der Waals surface area (Å²) in [5.41, 5.74) is 0.886. The molecule has 0 spiro atoms. The minimum atomic E-state index is -0.355. The second-order valence-electron chi connectivity index (χ2n) is 5.54. The van der Waals surface area contributed by atoms with Crippen molar-refractivity contribution in [1.82, 2.24) is 10.2 Å². The highest BCUT2D eigenvalue weighted by atomic mass is 127. The molecule has 1 atom stereocenters. The first-order chi connectivity index (χ1) is 10.1. The van der Waals surface area contributed by atoms with Crippen LogP contribution in [0.2, 0.25) is 0 Å². The van der Waals surface area contributed by atoms with Crippen molar-refractivity contribution < 1.29 is 10.2 Å². The van der Waals surface area contributed by atoms with Crippen LogP contribution in [0.1, 0.15) is 24.8 Å². The van der Waals surface area contributed by atoms with Crippen LogP contribution in [0.3, 0.4) is 0 Å². The van der Waals surface area contributed by atoms with Gasteiger partial charge in [0, 0.05) is 28.8 Å². The molecule has 0 amide bonds. The lowest BCUT2D eigenvalue weighted by molar-refractivity contribution is 0.0999. The van der Waals surface area contributed by atoms with E-state index in [0.717, 1.165) is 32.3 Å². The van der Waals surface area contributed by atoms with E-state index >= 15 is 0 Å². The number of halogens is 2. The summed E-state index contributed by atoms with van der Waals surface area (Å²) in [6.45, 7) is 4.08. The van der Waals surface area contributed by atoms with Crippen LogP contribution >= 0.6 is 45.2 Å². The maximum Gasteiger partial charge on any atom is 0.133 e. The number of piperidine rings is 1. The van der Waals surface area contributed by atoms with Gasteiger partial charge in [-0.15, -0.1) is 0 Å². The zero-order valence-electron chi connectivity index (χ0n) is 12.0. The van der Waals surface area contributed by atoms with Crippen LogP contribution in [0.4, 0.5) is 0 Å². The predicted molar refractivity (Wildman–Crippen MR) is 102 cm³/mol. The Morgan fingerprint density at radius 2 is 1.90 bits per heavy atom. The van der Waals surface area contributed by atoms with E-state index in [2.05, 4.69) is 55.4 Å². The molecular weight excluding hydrogens is 494 g/mol. The minimum Gasteiger partial charge on any atom is -0.507 e. The van der Waals surface area contributed by atoms with Gasteiger partial charge in [0.25, 0.3) is 0 Å². The van der Waals surface area contributed by atoms with Gasteiger partial charge in [-0.25, -0.2) is 0 Å². The molecule has 1 aliphatic heterocycles. The Bertz CT molecular complexity index is 465. The molecule has 1 heterocycles. The van der Waals surface area contributed by atoms with Crippen LogP contribution in [0, 0.1) is 7.14 Å². The summed E-state index contributed by atoms with van der Waals surface area (Å²) in [6.07, 6.45) is 3.45. The Balaban J connectivity index is 1.76. The molecule has 0 radical (unpaired) electrons. The van der Waals surface area contributed by atoms with E-state index in [4.69, 9.17) is 0 Å². The fraction of sp³-hybridized carbons (Fsp3) is 0.600. The van der Waals surface area contributed by atoms with Crippen molar-refractivity contribution in [1.29, 1.82) is 0 Å². The number of phenolic OH excluding ortho intramolecular Hbond substituents is 1. The van der Waals surface area contributed by atoms with Gasteiger partial charge in [0.15, 0.2) is 0 Å². The molecule has 2 rings (SSSR count). The number of phenols is 1. The van der Waals surface area contributed by atoms with Gasteiger partial charge in [0.05, 0.1) is 9.67 Å². The number of rotatable bonds is 6. The molecule has 1 fully saturated rings. The number of hydrogen-bond donors (Lipinski definition) is 3. The maximum atomic E-state index is 10.1. The molecule has 6 heteroatoms. The summed E-state index contributed by atoms with van der Waals surface area (Å²) < 4.78 is 1.98. The summed E-state index contributed by atoms with van der Waals surface area (Å²) in [7, 11) is 0. The number of nitrogens with zero attached hydrogens (tertiary/aromatic N) is 1. The number of likely N-dealkylation sites (tertiary alicyclic amines) is 1. The lowest BCUT2D eigenvalue weighted by Crippen LogP contribution is -2.40. The summed E-state index contributed by atoms with van der Waals surface area (Å²) in [5.74, 6) is 0.342. The highest BCUT2D eigenvalue weighted by Gasteiger charge is 2.14. The second-order valence-corrected chi connectivity index (χ2v) is 7.95. The molecule has 1 aromatic rings. The number of β-amino-alcohol motifs (C(OH)–C–C–N with tert-alkyl or cyclic N) is 1. The third-order valence-corrected chi connectivity index (χ3v) is 5.17. The number of hydrogen-bond acceptors (Lipinski definition) is 4. The third-order valence-electron chi connectivity index (χ3n) is 3.72. The van der Waals surface area contributed by atoms with Crippen LogP contribution in [0.15, 0.2) is 12.1 Å². The summed E-state index contributed by atoms with van der Waals surface area (Å²) in [6, 6.07) is 3.92. The predicted octanol–water partition coefficient (Wildman–Crippen LogP) is 2.54. The Labute approximate surface area is 153 Å². The molecule has 118 valence electrons. The SMILES string of the molecule is Oc1c(I)cc(I)cc1CNC[C@H](O)CN1CCCCC1. The van der Waals surface area contributed by atoms with Crippen molar-refractivity contribution in [2.75, 3.05) is 26.2 Å². The Kier molecular flexibility index (Phi) is 7.47. The van der Waals surface area contributed by atoms with Gasteiger partial charge in [-0.1, -0.05) is 6.42 Å². The number of aliphatic hydroxyl groups excluding tert-OH is 1. The number of aromatic hydroxyl groups is 1. The number of benzene rings is 1. The highest BCUT2D eigenvalue weighted by molar-refractivity contribution is 14.1. The van der Waals surface area contributed by atoms with Crippen LogP contribution in [0.25, 0.3) is 0 Å². The van der Waals surface area contributed by atoms with Gasteiger partial charge in [-0.05, 0) is 83.2 Å². The Morgan fingerprint density at radius 1 is 1.19 bits per heavy atom. The van der Waals surface area contributed by atoms with Gasteiger partial charge in [0.1, 0.15) is 5.75 Å². The molecule has 1 saturated heterocycles. The monoisotopic (exact) mass is 516 g/mol. The van der Waals surface area contributed by atoms with Gasteiger partial charge in [-0.3, -0.25) is 0 Å². The van der Waals surface area contributed by atoms with Crippen molar-refractivity contribution >= 4 is 45.2 Å². The molecule has 0 unspecified atom stereocenters. The number of aliphatic hydroxyl groups is 1. The number of nitrogens with one attached hydrogen (secondary N) is 1. The minimum absolute atomic E-state index is 0.342. The van der Waals surface area contributed by atoms with Crippen molar-refractivity contribution in [3.8, 4) is 5.75 Å². The average Bonchev–Trinajstić information content (AvgIpc) is 2.45. The van der Waals surface area contributed by atoms with Crippen molar-refractivity contribution in [2.24, 2.45) is 0 Å². The molecule has 0 aliphatic carbocycles. The highest BCUT2D eigenvalue weighted by Crippen LogP contribution is 2.26. The third kappa shape index (κ3) is 5.81. The van der Waals surface area contributed by atoms with E-state index in [0.29, 0.717) is 18.8 Å². The maximum absolute atomic E-state index is 10.1. The zero-order valence-corrected chi connectivity index (χ0v) is 16.3. The fourth-order valence-electron chi connectivity index (χ4n) is 2.63. The topological polar surface area (TPSA) is 55.7 Å². The smallest absolute Gasteiger partial charge is 0.133 e. The first-order valence-corrected chi connectivity index (χ1v) is 9.50. The summed E-state index contributed by atoms with van der Waals surface area (Å²) >= 11 is 4.39. The molecule has 1 aromatic carbocycles. The fourth-order valence-corrected chi connectivity index (χ4v) is 4.60. The molecule has 0 bridgehead atoms. The van der Waals surface area contributed by atoms with Crippen molar-refractivity contribution in [3.63, 3.8) is 0 Å². The largest absolute Gasteiger partial charge is 0.507 e. The van der Waals surface area contributed by atoms with Crippen molar-refractivity contribution in [3.05, 3.63) is 24.8 Å². The van der Waals surface area contributed by atoms with Crippen LogP contribution in [0.5, 0.6) is 5.75 Å². The summed E-state index contributed by atoms with van der Waals surface area (Å²) in [5, 5.41) is 23.4. The zero-order chi connectivity index (χ0) is 15.2. The molecule has 3 N–H and O–H groups in total. The normalized spacial score (nSPS) is 17.9. The van der Waals surface area contributed by atoms with Gasteiger partial charge < -0.3 is 20.4 Å². The van der Waals surface area contributed by atoms with Crippen LogP contribution in [-0.4, -0.2) is 47.4 Å². The molecule has 1 aliphatic rings. The van der Waals surface area contributed by atoms with E-state index in [9.17, 15) is 10.2 Å². The van der Waals surface area contributed by atoms with E-state index in [1.54, 1.807) is 0 Å². The van der Waals surface area contributed by atoms with E-state index < -0.39 is 0 Å². The average molecular weight is 516 g/mol. The second kappa shape index (κ2) is 8.85. The van der Waals surface area contributed by atoms with E-state index in [-0.39, 0.29) is 6.10 Å². The van der Waals surface area contributed by atoms with Crippen molar-refractivity contribution in [2.45, 2.75) is 31.9 Å². The standard InChI is InChI=1S/C15H22I2N2O2/c16-12-6-11(15(21)14(17)7-12)8-18-9-13(20)10-19-4-2-1-3-5-19/h6-7,13,18,20-21H,1-5,8-10H2/t13-/m0/s1. The Hall–Kier alpha value is 0.360. The molecule has 0 aromatic heterocycles. The molecule has 4 nitrogen and oxygen atoms in total. The van der Waals surface area contributed by atoms with E-state index in [1.807, 2.05) is 12.1 Å². The Morgan fingerprint density at radius 3 is 2.62 bits per heavy atom. The lowest BCUT2D eigenvalue weighted by atomic mass is 10.1. The van der Waals surface area contributed by atoms with Crippen LogP contribution in [-0.2, 0) is 6.54 Å². The molecule has 21 heavy (non-hydrogen) atoms. The lowest BCUT2D eigenvalue weighted by Gasteiger charge is -2.28. The van der Waals surface area contributed by atoms with E-state index in [1.165, 1.54) is 19.3 Å². The first-order valence-electron chi connectivity index (χ1n) is 7.34. The molecule has 0 saturated carbocycles. The van der Waals surface area contributed by atoms with Crippen LogP contribution < -0.4 is 5.32 Å². The van der Waals surface area contributed by atoms with Gasteiger partial charge in [0.2, 0.25) is 0 Å². The quantitative estimate of drug-likeness (QED) is 0.510.